The molecule has 0 aliphatic carbocycles. The van der Waals surface area contributed by atoms with Crippen molar-refractivity contribution in [3.05, 3.63) is 64.6 Å². The molecule has 0 bridgehead atoms. The highest BCUT2D eigenvalue weighted by Gasteiger charge is 2.31. The van der Waals surface area contributed by atoms with Crippen molar-refractivity contribution < 1.29 is 22.7 Å². The van der Waals surface area contributed by atoms with E-state index in [9.17, 15) is 22.8 Å². The normalized spacial score (nSPS) is 15.5. The molecule has 0 atom stereocenters. The van der Waals surface area contributed by atoms with Crippen molar-refractivity contribution in [2.75, 3.05) is 13.1 Å². The maximum absolute atomic E-state index is 12.6. The Kier molecular flexibility index (Phi) is 5.27. The van der Waals surface area contributed by atoms with Crippen LogP contribution >= 0.6 is 0 Å². The molecule has 1 N–H and O–H groups in total. The quantitative estimate of drug-likeness (QED) is 0.702. The monoisotopic (exact) mass is 419 g/mol. The number of hydrogen-bond donors (Lipinski definition) is 1. The number of aromatic amines is 1. The van der Waals surface area contributed by atoms with Crippen molar-refractivity contribution in [2.45, 2.75) is 31.7 Å². The highest BCUT2D eigenvalue weighted by Crippen LogP contribution is 2.26. The van der Waals surface area contributed by atoms with Crippen molar-refractivity contribution in [3.8, 4) is 5.75 Å². The van der Waals surface area contributed by atoms with Gasteiger partial charge in [0.15, 0.2) is 0 Å². The van der Waals surface area contributed by atoms with Gasteiger partial charge in [0, 0.05) is 19.1 Å². The zero-order valence-electron chi connectivity index (χ0n) is 16.0. The zero-order valence-corrected chi connectivity index (χ0v) is 16.0. The Balaban J connectivity index is 1.36. The molecule has 1 aromatic heterocycles. The number of fused-ring (bicyclic) bond motifs is 1. The molecule has 1 fully saturated rings. The third-order valence-electron chi connectivity index (χ3n) is 5.32. The molecule has 1 amide bonds. The van der Waals surface area contributed by atoms with E-state index in [1.165, 1.54) is 24.3 Å². The summed E-state index contributed by atoms with van der Waals surface area (Å²) in [6.45, 7) is 1.04. The number of nitrogens with zero attached hydrogens (tertiary/aromatic N) is 2. The van der Waals surface area contributed by atoms with Crippen LogP contribution < -0.4 is 10.4 Å². The minimum absolute atomic E-state index is 0.0106. The number of ether oxygens (including phenoxy) is 1. The van der Waals surface area contributed by atoms with E-state index in [1.807, 2.05) is 24.3 Å². The van der Waals surface area contributed by atoms with Gasteiger partial charge in [-0.05, 0) is 42.7 Å². The minimum Gasteiger partial charge on any atom is -0.406 e. The van der Waals surface area contributed by atoms with Crippen LogP contribution in [0.3, 0.4) is 0 Å². The molecule has 6 nitrogen and oxygen atoms in total. The molecule has 0 saturated carbocycles. The fraction of sp³-hybridized carbons (Fsp3) is 0.333. The van der Waals surface area contributed by atoms with Gasteiger partial charge in [0.1, 0.15) is 5.75 Å². The number of alkyl halides is 3. The lowest BCUT2D eigenvalue weighted by molar-refractivity contribution is -0.274. The minimum atomic E-state index is -4.74. The lowest BCUT2D eigenvalue weighted by Gasteiger charge is -2.32. The van der Waals surface area contributed by atoms with E-state index < -0.39 is 6.36 Å². The molecular formula is C21H20F3N3O3. The van der Waals surface area contributed by atoms with Crippen molar-refractivity contribution in [3.63, 3.8) is 0 Å². The molecule has 1 aliphatic rings. The Morgan fingerprint density at radius 2 is 1.73 bits per heavy atom. The number of carbonyl (C=O) groups excluding carboxylic acids is 1. The van der Waals surface area contributed by atoms with E-state index >= 15 is 0 Å². The second-order valence-corrected chi connectivity index (χ2v) is 7.30. The van der Waals surface area contributed by atoms with Crippen LogP contribution in [0.5, 0.6) is 5.75 Å². The van der Waals surface area contributed by atoms with Crippen LogP contribution in [0.15, 0.2) is 53.3 Å². The third-order valence-corrected chi connectivity index (χ3v) is 5.32. The number of likely N-dealkylation sites (tertiary alicyclic amines) is 1. The number of para-hydroxylation sites is 2. The van der Waals surface area contributed by atoms with Gasteiger partial charge in [0.25, 0.3) is 0 Å². The first-order valence-corrected chi connectivity index (χ1v) is 9.62. The Hall–Kier alpha value is -3.23. The summed E-state index contributed by atoms with van der Waals surface area (Å²) >= 11 is 0. The number of hydrogen-bond acceptors (Lipinski definition) is 3. The van der Waals surface area contributed by atoms with Gasteiger partial charge in [-0.15, -0.1) is 13.2 Å². The number of rotatable bonds is 4. The summed E-state index contributed by atoms with van der Waals surface area (Å²) < 4.78 is 42.3. The number of amides is 1. The number of nitrogens with one attached hydrogen (secondary N) is 1. The van der Waals surface area contributed by atoms with E-state index in [0.717, 1.165) is 11.0 Å². The molecule has 2 aromatic carbocycles. The lowest BCUT2D eigenvalue weighted by atomic mass is 10.0. The fourth-order valence-corrected chi connectivity index (χ4v) is 3.91. The van der Waals surface area contributed by atoms with Crippen LogP contribution in [0, 0.1) is 0 Å². The van der Waals surface area contributed by atoms with Crippen LogP contribution in [0.25, 0.3) is 11.0 Å². The van der Waals surface area contributed by atoms with Crippen LogP contribution in [0.2, 0.25) is 0 Å². The number of imidazole rings is 1. The van der Waals surface area contributed by atoms with Crippen LogP contribution in [-0.4, -0.2) is 39.8 Å². The van der Waals surface area contributed by atoms with E-state index in [4.69, 9.17) is 0 Å². The van der Waals surface area contributed by atoms with Crippen LogP contribution in [0.4, 0.5) is 13.2 Å². The molecule has 1 saturated heterocycles. The van der Waals surface area contributed by atoms with Gasteiger partial charge >= 0.3 is 12.1 Å². The fourth-order valence-electron chi connectivity index (χ4n) is 3.91. The molecule has 4 rings (SSSR count). The number of H-pyrrole nitrogens is 1. The third kappa shape index (κ3) is 4.34. The molecule has 9 heteroatoms. The summed E-state index contributed by atoms with van der Waals surface area (Å²) in [5, 5.41) is 0. The Bertz CT molecular complexity index is 1090. The second kappa shape index (κ2) is 7.89. The lowest BCUT2D eigenvalue weighted by Crippen LogP contribution is -2.41. The standard InChI is InChI=1S/C21H20F3N3O3/c22-21(23,24)30-16-7-5-14(6-8-16)13-19(28)26-11-9-15(10-12-26)27-18-4-2-1-3-17(18)25-20(27)29/h1-8,15H,9-13H2,(H,25,29). The smallest absolute Gasteiger partial charge is 0.406 e. The summed E-state index contributed by atoms with van der Waals surface area (Å²) in [5.41, 5.74) is 2.11. The van der Waals surface area contributed by atoms with Crippen molar-refractivity contribution in [1.82, 2.24) is 14.5 Å². The summed E-state index contributed by atoms with van der Waals surface area (Å²) in [5.74, 6) is -0.409. The van der Waals surface area contributed by atoms with Crippen LogP contribution in [0.1, 0.15) is 24.4 Å². The van der Waals surface area contributed by atoms with Gasteiger partial charge in [-0.1, -0.05) is 24.3 Å². The second-order valence-electron chi connectivity index (χ2n) is 7.30. The molecule has 30 heavy (non-hydrogen) atoms. The molecule has 0 spiro atoms. The predicted molar refractivity (Wildman–Crippen MR) is 104 cm³/mol. The zero-order chi connectivity index (χ0) is 21.3. The van der Waals surface area contributed by atoms with Gasteiger partial charge in [-0.2, -0.15) is 0 Å². The van der Waals surface area contributed by atoms with E-state index in [0.29, 0.717) is 31.5 Å². The molecule has 3 aromatic rings. The molecule has 2 heterocycles. The molecule has 0 unspecified atom stereocenters. The maximum Gasteiger partial charge on any atom is 0.573 e. The number of aromatic nitrogens is 2. The van der Waals surface area contributed by atoms with E-state index in [1.54, 1.807) is 9.47 Å². The summed E-state index contributed by atoms with van der Waals surface area (Å²) in [6.07, 6.45) is -3.32. The number of halogens is 3. The molecule has 0 radical (unpaired) electrons. The van der Waals surface area contributed by atoms with Crippen molar-refractivity contribution >= 4 is 16.9 Å². The molecular weight excluding hydrogens is 399 g/mol. The average molecular weight is 419 g/mol. The number of benzene rings is 2. The Morgan fingerprint density at radius 3 is 2.40 bits per heavy atom. The summed E-state index contributed by atoms with van der Waals surface area (Å²) in [6, 6.07) is 12.8. The van der Waals surface area contributed by atoms with Gasteiger partial charge in [0.2, 0.25) is 5.91 Å². The first kappa shape index (κ1) is 20.1. The molecule has 1 aliphatic heterocycles. The molecule has 158 valence electrons. The van der Waals surface area contributed by atoms with Crippen molar-refractivity contribution in [1.29, 1.82) is 0 Å². The van der Waals surface area contributed by atoms with Gasteiger partial charge < -0.3 is 14.6 Å². The Morgan fingerprint density at radius 1 is 1.07 bits per heavy atom. The highest BCUT2D eigenvalue weighted by atomic mass is 19.4. The summed E-state index contributed by atoms with van der Waals surface area (Å²) in [4.78, 5) is 29.5. The maximum atomic E-state index is 12.6. The Labute approximate surface area is 169 Å². The van der Waals surface area contributed by atoms with E-state index in [-0.39, 0.29) is 29.8 Å². The SMILES string of the molecule is O=C(Cc1ccc(OC(F)(F)F)cc1)N1CCC(n2c(=O)[nH]c3ccccc32)CC1. The predicted octanol–water partition coefficient (Wildman–Crippen LogP) is 3.63. The van der Waals surface area contributed by atoms with Gasteiger partial charge in [-0.3, -0.25) is 9.36 Å². The van der Waals surface area contributed by atoms with Gasteiger partial charge in [0.05, 0.1) is 17.5 Å². The first-order valence-electron chi connectivity index (χ1n) is 9.62. The van der Waals surface area contributed by atoms with Crippen LogP contribution in [-0.2, 0) is 11.2 Å². The van der Waals surface area contributed by atoms with E-state index in [2.05, 4.69) is 9.72 Å². The topological polar surface area (TPSA) is 67.3 Å². The van der Waals surface area contributed by atoms with Crippen molar-refractivity contribution in [2.24, 2.45) is 0 Å². The number of piperidine rings is 1. The first-order chi connectivity index (χ1) is 14.3. The average Bonchev–Trinajstić information content (AvgIpc) is 3.04. The highest BCUT2D eigenvalue weighted by molar-refractivity contribution is 5.79. The van der Waals surface area contributed by atoms with Gasteiger partial charge in [-0.25, -0.2) is 4.79 Å². The largest absolute Gasteiger partial charge is 0.573 e. The summed E-state index contributed by atoms with van der Waals surface area (Å²) in [7, 11) is 0. The number of carbonyl (C=O) groups is 1.